The maximum atomic E-state index is 10.9. The summed E-state index contributed by atoms with van der Waals surface area (Å²) in [6.07, 6.45) is 1.83. The smallest absolute Gasteiger partial charge is 0.120 e. The largest absolute Gasteiger partial charge is 0.508 e. The highest BCUT2D eigenvalue weighted by Crippen LogP contribution is 2.66. The first-order chi connectivity index (χ1) is 11.5. The zero-order valence-electron chi connectivity index (χ0n) is 16.1. The summed E-state index contributed by atoms with van der Waals surface area (Å²) in [7, 11) is 0. The van der Waals surface area contributed by atoms with Crippen LogP contribution in [0.2, 0.25) is 0 Å². The molecule has 2 N–H and O–H groups in total. The Labute approximate surface area is 150 Å². The van der Waals surface area contributed by atoms with Crippen LogP contribution < -0.4 is 0 Å². The van der Waals surface area contributed by atoms with Crippen molar-refractivity contribution in [2.45, 2.75) is 70.6 Å². The molecule has 132 valence electrons. The van der Waals surface area contributed by atoms with Crippen molar-refractivity contribution >= 4 is 0 Å². The SMILES string of the molecule is Cc1cc(O)c2c(c1)C(C)(C)CC21CC(C)(C)c2cc(C)cc(O)c21. The summed E-state index contributed by atoms with van der Waals surface area (Å²) >= 11 is 0. The Hall–Kier alpha value is -1.96. The van der Waals surface area contributed by atoms with Gasteiger partial charge in [-0.05, 0) is 71.9 Å². The highest BCUT2D eigenvalue weighted by Gasteiger charge is 2.58. The normalized spacial score (nSPS) is 21.4. The summed E-state index contributed by atoms with van der Waals surface area (Å²) in [5.74, 6) is 0.758. The van der Waals surface area contributed by atoms with Gasteiger partial charge in [0.15, 0.2) is 0 Å². The monoisotopic (exact) mass is 336 g/mol. The van der Waals surface area contributed by atoms with E-state index in [1.165, 1.54) is 11.1 Å². The first-order valence-electron chi connectivity index (χ1n) is 9.17. The number of rotatable bonds is 0. The van der Waals surface area contributed by atoms with Crippen LogP contribution in [0, 0.1) is 13.8 Å². The lowest BCUT2D eigenvalue weighted by molar-refractivity contribution is 0.336. The average Bonchev–Trinajstić information content (AvgIpc) is 2.77. The van der Waals surface area contributed by atoms with Crippen molar-refractivity contribution in [3.05, 3.63) is 57.6 Å². The highest BCUT2D eigenvalue weighted by atomic mass is 16.3. The third-order valence-corrected chi connectivity index (χ3v) is 6.43. The maximum absolute atomic E-state index is 10.9. The minimum Gasteiger partial charge on any atom is -0.508 e. The molecule has 0 saturated carbocycles. The van der Waals surface area contributed by atoms with Crippen LogP contribution in [-0.4, -0.2) is 10.2 Å². The summed E-state index contributed by atoms with van der Waals surface area (Å²) in [4.78, 5) is 0. The Morgan fingerprint density at radius 3 is 1.40 bits per heavy atom. The molecule has 0 amide bonds. The minimum absolute atomic E-state index is 0.0339. The van der Waals surface area contributed by atoms with E-state index in [0.717, 1.165) is 35.1 Å². The Bertz CT molecular complexity index is 827. The fourth-order valence-corrected chi connectivity index (χ4v) is 5.85. The van der Waals surface area contributed by atoms with Gasteiger partial charge >= 0.3 is 0 Å². The van der Waals surface area contributed by atoms with E-state index >= 15 is 0 Å². The summed E-state index contributed by atoms with van der Waals surface area (Å²) in [6, 6.07) is 8.19. The Kier molecular flexibility index (Phi) is 3.04. The zero-order chi connectivity index (χ0) is 18.4. The molecule has 0 aromatic heterocycles. The molecule has 2 heteroatoms. The lowest BCUT2D eigenvalue weighted by atomic mass is 9.72. The first-order valence-corrected chi connectivity index (χ1v) is 9.17. The van der Waals surface area contributed by atoms with Crippen molar-refractivity contribution in [2.75, 3.05) is 0 Å². The summed E-state index contributed by atoms with van der Waals surface area (Å²) in [5.41, 5.74) is 6.33. The fraction of sp³-hybridized carbons (Fsp3) is 0.478. The number of fused-ring (bicyclic) bond motifs is 4. The first kappa shape index (κ1) is 16.5. The second-order valence-electron chi connectivity index (χ2n) is 9.62. The molecule has 2 nitrogen and oxygen atoms in total. The van der Waals surface area contributed by atoms with Gasteiger partial charge in [-0.15, -0.1) is 0 Å². The molecule has 0 heterocycles. The fourth-order valence-electron chi connectivity index (χ4n) is 5.85. The van der Waals surface area contributed by atoms with Crippen LogP contribution in [0.15, 0.2) is 24.3 Å². The number of aromatic hydroxyl groups is 2. The predicted octanol–water partition coefficient (Wildman–Crippen LogP) is 5.36. The van der Waals surface area contributed by atoms with Gasteiger partial charge in [0, 0.05) is 16.5 Å². The molecule has 2 aliphatic carbocycles. The van der Waals surface area contributed by atoms with Gasteiger partial charge < -0.3 is 10.2 Å². The van der Waals surface area contributed by atoms with E-state index in [-0.39, 0.29) is 16.2 Å². The Balaban J connectivity index is 2.11. The number of phenols is 2. The summed E-state index contributed by atoms with van der Waals surface area (Å²) in [6.45, 7) is 13.1. The number of phenolic OH excluding ortho intramolecular Hbond substituents is 2. The van der Waals surface area contributed by atoms with Gasteiger partial charge in [0.25, 0.3) is 0 Å². The lowest BCUT2D eigenvalue weighted by Gasteiger charge is -2.31. The molecule has 1 spiro atoms. The number of hydrogen-bond acceptors (Lipinski definition) is 2. The van der Waals surface area contributed by atoms with Gasteiger partial charge in [0.05, 0.1) is 0 Å². The summed E-state index contributed by atoms with van der Waals surface area (Å²) < 4.78 is 0. The molecule has 4 rings (SSSR count). The number of benzene rings is 2. The maximum Gasteiger partial charge on any atom is 0.120 e. The van der Waals surface area contributed by atoms with Gasteiger partial charge in [0.2, 0.25) is 0 Å². The molecule has 0 unspecified atom stereocenters. The van der Waals surface area contributed by atoms with Crippen molar-refractivity contribution in [2.24, 2.45) is 0 Å². The Morgan fingerprint density at radius 2 is 1.04 bits per heavy atom. The topological polar surface area (TPSA) is 40.5 Å². The van der Waals surface area contributed by atoms with Crippen molar-refractivity contribution in [1.82, 2.24) is 0 Å². The van der Waals surface area contributed by atoms with Crippen molar-refractivity contribution in [3.63, 3.8) is 0 Å². The van der Waals surface area contributed by atoms with E-state index in [0.29, 0.717) is 11.5 Å². The zero-order valence-corrected chi connectivity index (χ0v) is 16.1. The summed E-state index contributed by atoms with van der Waals surface area (Å²) in [5, 5.41) is 21.9. The third kappa shape index (κ3) is 2.03. The molecule has 0 bridgehead atoms. The quantitative estimate of drug-likeness (QED) is 0.679. The molecular weight excluding hydrogens is 308 g/mol. The van der Waals surface area contributed by atoms with E-state index in [2.05, 4.69) is 39.8 Å². The molecule has 2 aromatic carbocycles. The number of aryl methyl sites for hydroxylation is 2. The third-order valence-electron chi connectivity index (χ3n) is 6.43. The Morgan fingerprint density at radius 1 is 0.680 bits per heavy atom. The highest BCUT2D eigenvalue weighted by molar-refractivity contribution is 5.67. The lowest BCUT2D eigenvalue weighted by Crippen LogP contribution is -2.27. The van der Waals surface area contributed by atoms with Crippen LogP contribution in [0.25, 0.3) is 0 Å². The van der Waals surface area contributed by atoms with Gasteiger partial charge in [-0.2, -0.15) is 0 Å². The van der Waals surface area contributed by atoms with Crippen molar-refractivity contribution in [3.8, 4) is 11.5 Å². The molecule has 0 saturated heterocycles. The molecule has 0 radical (unpaired) electrons. The van der Waals surface area contributed by atoms with Crippen LogP contribution >= 0.6 is 0 Å². The van der Waals surface area contributed by atoms with Crippen molar-refractivity contribution in [1.29, 1.82) is 0 Å². The van der Waals surface area contributed by atoms with E-state index in [1.807, 2.05) is 26.0 Å². The predicted molar refractivity (Wildman–Crippen MR) is 102 cm³/mol. The molecule has 0 atom stereocenters. The minimum atomic E-state index is -0.312. The van der Waals surface area contributed by atoms with E-state index in [1.54, 1.807) is 0 Å². The van der Waals surface area contributed by atoms with Gasteiger partial charge in [-0.25, -0.2) is 0 Å². The second kappa shape index (κ2) is 4.60. The molecule has 2 aliphatic rings. The molecule has 0 fully saturated rings. The van der Waals surface area contributed by atoms with Crippen LogP contribution in [0.5, 0.6) is 11.5 Å². The number of hydrogen-bond donors (Lipinski definition) is 2. The van der Waals surface area contributed by atoms with Crippen LogP contribution in [0.4, 0.5) is 0 Å². The molecule has 25 heavy (non-hydrogen) atoms. The second-order valence-corrected chi connectivity index (χ2v) is 9.62. The van der Waals surface area contributed by atoms with Crippen LogP contribution in [-0.2, 0) is 16.2 Å². The van der Waals surface area contributed by atoms with E-state index in [4.69, 9.17) is 0 Å². The van der Waals surface area contributed by atoms with Crippen LogP contribution in [0.1, 0.15) is 73.9 Å². The molecule has 2 aromatic rings. The molecular formula is C23H28O2. The van der Waals surface area contributed by atoms with E-state index in [9.17, 15) is 10.2 Å². The molecule has 0 aliphatic heterocycles. The van der Waals surface area contributed by atoms with Gasteiger partial charge in [-0.1, -0.05) is 39.8 Å². The average molecular weight is 336 g/mol. The van der Waals surface area contributed by atoms with Crippen molar-refractivity contribution < 1.29 is 10.2 Å². The van der Waals surface area contributed by atoms with Gasteiger partial charge in [-0.3, -0.25) is 0 Å². The van der Waals surface area contributed by atoms with Gasteiger partial charge in [0.1, 0.15) is 11.5 Å². The van der Waals surface area contributed by atoms with E-state index < -0.39 is 0 Å². The van der Waals surface area contributed by atoms with Crippen LogP contribution in [0.3, 0.4) is 0 Å². The standard InChI is InChI=1S/C23H28O2/c1-13-7-15-19(17(24)9-13)23(11-21(15,3)4)12-22(5,6)16-8-14(2)10-18(25)20(16)23/h7-10,24-25H,11-12H2,1-6H3.